The first-order valence-corrected chi connectivity index (χ1v) is 7.49. The first-order valence-electron chi connectivity index (χ1n) is 5.54. The largest absolute Gasteiger partial charge is 0.312 e. The van der Waals surface area contributed by atoms with E-state index in [-0.39, 0.29) is 0 Å². The van der Waals surface area contributed by atoms with Crippen LogP contribution in [0.1, 0.15) is 10.4 Å². The van der Waals surface area contributed by atoms with Crippen LogP contribution in [0.3, 0.4) is 0 Å². The van der Waals surface area contributed by atoms with Crippen molar-refractivity contribution in [3.63, 3.8) is 0 Å². The fourth-order valence-electron chi connectivity index (χ4n) is 1.61. The minimum Gasteiger partial charge on any atom is -0.312 e. The van der Waals surface area contributed by atoms with Crippen molar-refractivity contribution in [2.75, 3.05) is 6.54 Å². The van der Waals surface area contributed by atoms with Gasteiger partial charge in [0, 0.05) is 18.0 Å². The maximum absolute atomic E-state index is 6.11. The number of benzene rings is 1. The minimum atomic E-state index is 0.598. The molecule has 1 aromatic carbocycles. The molecule has 2 rings (SSSR count). The standard InChI is InChI=1S/C13H12Cl3NS/c14-11-3-1-2-9(13(11)16)8-17-7-6-10-4-5-12(15)18-10/h1-5,17H,6-8H2. The molecule has 1 aromatic heterocycles. The highest BCUT2D eigenvalue weighted by atomic mass is 35.5. The highest BCUT2D eigenvalue weighted by Crippen LogP contribution is 2.25. The molecule has 0 saturated carbocycles. The second-order valence-electron chi connectivity index (χ2n) is 3.85. The molecule has 1 nitrogen and oxygen atoms in total. The number of halogens is 3. The van der Waals surface area contributed by atoms with E-state index in [0.717, 1.165) is 29.4 Å². The molecule has 0 unspecified atom stereocenters. The summed E-state index contributed by atoms with van der Waals surface area (Å²) in [5.74, 6) is 0. The van der Waals surface area contributed by atoms with Crippen molar-refractivity contribution in [1.29, 1.82) is 0 Å². The van der Waals surface area contributed by atoms with Crippen LogP contribution in [0.25, 0.3) is 0 Å². The van der Waals surface area contributed by atoms with E-state index in [0.29, 0.717) is 10.0 Å². The molecule has 1 heterocycles. The average Bonchev–Trinajstić information content (AvgIpc) is 2.76. The van der Waals surface area contributed by atoms with Crippen LogP contribution in [0.15, 0.2) is 30.3 Å². The zero-order chi connectivity index (χ0) is 13.0. The van der Waals surface area contributed by atoms with Crippen LogP contribution in [0, 0.1) is 0 Å². The highest BCUT2D eigenvalue weighted by Gasteiger charge is 2.03. The van der Waals surface area contributed by atoms with Gasteiger partial charge in [0.25, 0.3) is 0 Å². The van der Waals surface area contributed by atoms with Gasteiger partial charge in [-0.25, -0.2) is 0 Å². The lowest BCUT2D eigenvalue weighted by Crippen LogP contribution is -2.16. The van der Waals surface area contributed by atoms with Crippen molar-refractivity contribution in [2.24, 2.45) is 0 Å². The molecule has 0 fully saturated rings. The molecular formula is C13H12Cl3NS. The van der Waals surface area contributed by atoms with E-state index in [4.69, 9.17) is 34.8 Å². The van der Waals surface area contributed by atoms with Crippen LogP contribution in [-0.2, 0) is 13.0 Å². The number of nitrogens with one attached hydrogen (secondary N) is 1. The summed E-state index contributed by atoms with van der Waals surface area (Å²) in [5, 5.41) is 4.58. The van der Waals surface area contributed by atoms with Crippen LogP contribution in [-0.4, -0.2) is 6.54 Å². The Kier molecular flexibility index (Phi) is 5.34. The van der Waals surface area contributed by atoms with Gasteiger partial charge in [-0.3, -0.25) is 0 Å². The number of rotatable bonds is 5. The van der Waals surface area contributed by atoms with E-state index < -0.39 is 0 Å². The Labute approximate surface area is 126 Å². The first kappa shape index (κ1) is 14.2. The van der Waals surface area contributed by atoms with Crippen molar-refractivity contribution in [3.8, 4) is 0 Å². The van der Waals surface area contributed by atoms with E-state index in [1.165, 1.54) is 4.88 Å². The molecule has 18 heavy (non-hydrogen) atoms. The molecule has 0 aliphatic carbocycles. The Balaban J connectivity index is 1.80. The maximum atomic E-state index is 6.11. The van der Waals surface area contributed by atoms with Crippen LogP contribution in [0.5, 0.6) is 0 Å². The lowest BCUT2D eigenvalue weighted by Gasteiger charge is -2.07. The molecule has 0 aliphatic rings. The van der Waals surface area contributed by atoms with E-state index in [2.05, 4.69) is 11.4 Å². The van der Waals surface area contributed by atoms with Gasteiger partial charge in [0.1, 0.15) is 0 Å². The number of thiophene rings is 1. The Morgan fingerprint density at radius 1 is 1.06 bits per heavy atom. The summed E-state index contributed by atoms with van der Waals surface area (Å²) >= 11 is 19.5. The summed E-state index contributed by atoms with van der Waals surface area (Å²) in [7, 11) is 0. The van der Waals surface area contributed by atoms with Gasteiger partial charge in [-0.2, -0.15) is 0 Å². The summed E-state index contributed by atoms with van der Waals surface area (Å²) in [6.07, 6.45) is 0.968. The van der Waals surface area contributed by atoms with E-state index in [1.807, 2.05) is 18.2 Å². The molecule has 1 N–H and O–H groups in total. The fraction of sp³-hybridized carbons (Fsp3) is 0.231. The highest BCUT2D eigenvalue weighted by molar-refractivity contribution is 7.16. The Hall–Kier alpha value is -0.250. The molecule has 0 aliphatic heterocycles. The lowest BCUT2D eigenvalue weighted by atomic mass is 10.2. The summed E-state index contributed by atoms with van der Waals surface area (Å²) < 4.78 is 0.836. The second-order valence-corrected chi connectivity index (χ2v) is 6.43. The van der Waals surface area contributed by atoms with Crippen LogP contribution in [0.4, 0.5) is 0 Å². The third-order valence-corrected chi connectivity index (χ3v) is 4.67. The molecule has 5 heteroatoms. The van der Waals surface area contributed by atoms with Gasteiger partial charge in [-0.05, 0) is 30.2 Å². The van der Waals surface area contributed by atoms with E-state index in [9.17, 15) is 0 Å². The fourth-order valence-corrected chi connectivity index (χ4v) is 3.08. The molecule has 0 bridgehead atoms. The Morgan fingerprint density at radius 3 is 2.61 bits per heavy atom. The van der Waals surface area contributed by atoms with Gasteiger partial charge < -0.3 is 5.32 Å². The molecule has 96 valence electrons. The molecule has 0 spiro atoms. The Bertz CT molecular complexity index is 525. The van der Waals surface area contributed by atoms with E-state index in [1.54, 1.807) is 17.4 Å². The smallest absolute Gasteiger partial charge is 0.0931 e. The zero-order valence-corrected chi connectivity index (χ0v) is 12.6. The van der Waals surface area contributed by atoms with Crippen LogP contribution in [0.2, 0.25) is 14.4 Å². The predicted octanol–water partition coefficient (Wildman–Crippen LogP) is 5.04. The van der Waals surface area contributed by atoms with Gasteiger partial charge in [0.15, 0.2) is 0 Å². The molecule has 2 aromatic rings. The number of hydrogen-bond acceptors (Lipinski definition) is 2. The van der Waals surface area contributed by atoms with E-state index >= 15 is 0 Å². The third-order valence-electron chi connectivity index (χ3n) is 2.52. The quantitative estimate of drug-likeness (QED) is 0.761. The Morgan fingerprint density at radius 2 is 1.89 bits per heavy atom. The number of hydrogen-bond donors (Lipinski definition) is 1. The van der Waals surface area contributed by atoms with Crippen molar-refractivity contribution >= 4 is 46.1 Å². The van der Waals surface area contributed by atoms with Crippen molar-refractivity contribution < 1.29 is 0 Å². The van der Waals surface area contributed by atoms with Crippen LogP contribution < -0.4 is 5.32 Å². The van der Waals surface area contributed by atoms with Crippen LogP contribution >= 0.6 is 46.1 Å². The average molecular weight is 321 g/mol. The maximum Gasteiger partial charge on any atom is 0.0931 e. The van der Waals surface area contributed by atoms with Crippen molar-refractivity contribution in [2.45, 2.75) is 13.0 Å². The zero-order valence-electron chi connectivity index (χ0n) is 9.55. The minimum absolute atomic E-state index is 0.598. The molecule has 0 radical (unpaired) electrons. The second kappa shape index (κ2) is 6.78. The van der Waals surface area contributed by atoms with Gasteiger partial charge in [-0.1, -0.05) is 46.9 Å². The van der Waals surface area contributed by atoms with Gasteiger partial charge >= 0.3 is 0 Å². The summed E-state index contributed by atoms with van der Waals surface area (Å²) in [6.45, 7) is 1.61. The van der Waals surface area contributed by atoms with Crippen molar-refractivity contribution in [3.05, 3.63) is 55.2 Å². The molecule has 0 atom stereocenters. The lowest BCUT2D eigenvalue weighted by molar-refractivity contribution is 0.691. The molecular weight excluding hydrogens is 309 g/mol. The topological polar surface area (TPSA) is 12.0 Å². The summed E-state index contributed by atoms with van der Waals surface area (Å²) in [6, 6.07) is 9.66. The van der Waals surface area contributed by atoms with Gasteiger partial charge in [0.2, 0.25) is 0 Å². The third kappa shape index (κ3) is 3.87. The summed E-state index contributed by atoms with van der Waals surface area (Å²) in [5.41, 5.74) is 1.02. The molecule has 0 amide bonds. The molecule has 0 saturated heterocycles. The summed E-state index contributed by atoms with van der Waals surface area (Å²) in [4.78, 5) is 1.28. The first-order chi connectivity index (χ1) is 8.66. The van der Waals surface area contributed by atoms with Crippen molar-refractivity contribution in [1.82, 2.24) is 5.32 Å². The predicted molar refractivity (Wildman–Crippen MR) is 81.2 cm³/mol. The SMILES string of the molecule is Clc1ccc(CCNCc2cccc(Cl)c2Cl)s1. The normalized spacial score (nSPS) is 10.8. The van der Waals surface area contributed by atoms with Gasteiger partial charge in [0.05, 0.1) is 14.4 Å². The van der Waals surface area contributed by atoms with Gasteiger partial charge in [-0.15, -0.1) is 11.3 Å². The monoisotopic (exact) mass is 319 g/mol.